The molecule has 0 radical (unpaired) electrons. The lowest BCUT2D eigenvalue weighted by molar-refractivity contribution is -0.146. The third-order valence-corrected chi connectivity index (χ3v) is 5.27. The number of halogens is 1. The minimum Gasteiger partial charge on any atom is -0.436 e. The first-order valence-electron chi connectivity index (χ1n) is 8.29. The van der Waals surface area contributed by atoms with Crippen molar-refractivity contribution in [3.05, 3.63) is 35.3 Å². The normalized spacial score (nSPS) is 33.8. The highest BCUT2D eigenvalue weighted by atomic mass is 35.5. The van der Waals surface area contributed by atoms with Crippen molar-refractivity contribution in [1.82, 2.24) is 25.0 Å². The molecule has 1 N–H and O–H groups in total. The Labute approximate surface area is 149 Å². The predicted molar refractivity (Wildman–Crippen MR) is 93.6 cm³/mol. The van der Waals surface area contributed by atoms with E-state index in [1.54, 1.807) is 24.4 Å². The van der Waals surface area contributed by atoms with E-state index in [1.165, 1.54) is 0 Å². The van der Waals surface area contributed by atoms with Gasteiger partial charge in [0.15, 0.2) is 11.9 Å². The first-order chi connectivity index (χ1) is 12.1. The number of oxazole rings is 1. The van der Waals surface area contributed by atoms with Gasteiger partial charge in [-0.3, -0.25) is 19.5 Å². The molecule has 1 aromatic carbocycles. The van der Waals surface area contributed by atoms with Crippen LogP contribution in [-0.4, -0.2) is 71.1 Å². The molecule has 4 aliphatic rings. The van der Waals surface area contributed by atoms with Gasteiger partial charge in [-0.1, -0.05) is 11.6 Å². The molecule has 6 rings (SSSR count). The Bertz CT molecular complexity index is 842. The Kier molecular flexibility index (Phi) is 3.40. The van der Waals surface area contributed by atoms with Gasteiger partial charge in [0.2, 0.25) is 5.89 Å². The topological polar surface area (TPSA) is 64.9 Å². The van der Waals surface area contributed by atoms with E-state index in [0.29, 0.717) is 27.6 Å². The molecule has 8 heteroatoms. The van der Waals surface area contributed by atoms with Crippen LogP contribution >= 0.6 is 11.6 Å². The van der Waals surface area contributed by atoms with Gasteiger partial charge < -0.3 is 9.73 Å². The summed E-state index contributed by atoms with van der Waals surface area (Å²) in [5.41, 5.74) is 1.61. The number of nitrogens with one attached hydrogen (secondary N) is 1. The van der Waals surface area contributed by atoms with Gasteiger partial charge in [-0.25, -0.2) is 4.98 Å². The van der Waals surface area contributed by atoms with Gasteiger partial charge >= 0.3 is 0 Å². The van der Waals surface area contributed by atoms with Crippen molar-refractivity contribution in [3.8, 4) is 0 Å². The summed E-state index contributed by atoms with van der Waals surface area (Å²) in [5.74, 6) is 0.311. The number of nitrogens with zero attached hydrogens (tertiary/aromatic N) is 4. The molecule has 2 aromatic rings. The number of carbonyl (C=O) groups is 1. The molecule has 0 atom stereocenters. The summed E-state index contributed by atoms with van der Waals surface area (Å²) in [4.78, 5) is 23.2. The molecule has 1 aromatic heterocycles. The summed E-state index contributed by atoms with van der Waals surface area (Å²) in [6.07, 6.45) is 2.52. The van der Waals surface area contributed by atoms with Crippen molar-refractivity contribution in [1.29, 1.82) is 0 Å². The molecule has 4 aliphatic heterocycles. The fourth-order valence-electron chi connectivity index (χ4n) is 4.25. The number of hydrogen-bond acceptors (Lipinski definition) is 7. The van der Waals surface area contributed by atoms with Crippen LogP contribution in [0.1, 0.15) is 5.89 Å². The summed E-state index contributed by atoms with van der Waals surface area (Å²) >= 11 is 5.99. The number of benzene rings is 1. The van der Waals surface area contributed by atoms with E-state index in [-0.39, 0.29) is 5.54 Å². The third kappa shape index (κ3) is 2.64. The SMILES string of the molecule is O=C/C(=C/NC12CN3CN(CN(C3)C1)C2)c1nc2cc(Cl)ccc2o1. The highest BCUT2D eigenvalue weighted by Crippen LogP contribution is 2.29. The molecule has 5 heterocycles. The van der Waals surface area contributed by atoms with Crippen LogP contribution < -0.4 is 5.32 Å². The second-order valence-electron chi connectivity index (χ2n) is 7.18. The van der Waals surface area contributed by atoms with Crippen LogP contribution in [0.5, 0.6) is 0 Å². The maximum Gasteiger partial charge on any atom is 0.232 e. The molecule has 0 saturated carbocycles. The summed E-state index contributed by atoms with van der Waals surface area (Å²) < 4.78 is 5.71. The van der Waals surface area contributed by atoms with Crippen LogP contribution in [0, 0.1) is 0 Å². The molecule has 25 heavy (non-hydrogen) atoms. The summed E-state index contributed by atoms with van der Waals surface area (Å²) in [5, 5.41) is 4.08. The Hall–Kier alpha value is -1.93. The Morgan fingerprint density at radius 1 is 1.20 bits per heavy atom. The molecule has 4 saturated heterocycles. The van der Waals surface area contributed by atoms with E-state index in [2.05, 4.69) is 25.0 Å². The van der Waals surface area contributed by atoms with Gasteiger partial charge in [0.1, 0.15) is 5.52 Å². The van der Waals surface area contributed by atoms with Crippen molar-refractivity contribution in [2.24, 2.45) is 0 Å². The van der Waals surface area contributed by atoms with Crippen LogP contribution in [0.4, 0.5) is 0 Å². The Balaban J connectivity index is 1.43. The lowest BCUT2D eigenvalue weighted by Crippen LogP contribution is -2.79. The Morgan fingerprint density at radius 2 is 1.88 bits per heavy atom. The van der Waals surface area contributed by atoms with Crippen LogP contribution in [0.2, 0.25) is 5.02 Å². The number of hydrogen-bond donors (Lipinski definition) is 1. The number of aromatic nitrogens is 1. The zero-order chi connectivity index (χ0) is 17.0. The van der Waals surface area contributed by atoms with E-state index in [1.807, 2.05) is 0 Å². The molecule has 0 aliphatic carbocycles. The molecule has 4 bridgehead atoms. The molecule has 4 fully saturated rings. The molecule has 130 valence electrons. The molecule has 0 unspecified atom stereocenters. The maximum absolute atomic E-state index is 11.6. The van der Waals surface area contributed by atoms with Gasteiger partial charge in [0.25, 0.3) is 0 Å². The minimum absolute atomic E-state index is 0.0572. The van der Waals surface area contributed by atoms with Crippen molar-refractivity contribution >= 4 is 34.6 Å². The average Bonchev–Trinajstić information content (AvgIpc) is 2.97. The average molecular weight is 360 g/mol. The summed E-state index contributed by atoms with van der Waals surface area (Å²) in [6.45, 7) is 6.01. The van der Waals surface area contributed by atoms with E-state index >= 15 is 0 Å². The number of fused-ring (bicyclic) bond motifs is 1. The van der Waals surface area contributed by atoms with Gasteiger partial charge in [-0.2, -0.15) is 0 Å². The van der Waals surface area contributed by atoms with Crippen LogP contribution in [0.3, 0.4) is 0 Å². The fourth-order valence-corrected chi connectivity index (χ4v) is 4.42. The van der Waals surface area contributed by atoms with Crippen molar-refractivity contribution < 1.29 is 9.21 Å². The quantitative estimate of drug-likeness (QED) is 0.649. The first kappa shape index (κ1) is 15.3. The lowest BCUT2D eigenvalue weighted by atomic mass is 9.91. The van der Waals surface area contributed by atoms with E-state index in [0.717, 1.165) is 45.9 Å². The molecular formula is C17H18ClN5O2. The second-order valence-corrected chi connectivity index (χ2v) is 7.62. The third-order valence-electron chi connectivity index (χ3n) is 5.04. The zero-order valence-corrected chi connectivity index (χ0v) is 14.4. The van der Waals surface area contributed by atoms with E-state index < -0.39 is 0 Å². The summed E-state index contributed by atoms with van der Waals surface area (Å²) in [7, 11) is 0. The van der Waals surface area contributed by atoms with Gasteiger partial charge in [-0.05, 0) is 18.2 Å². The lowest BCUT2D eigenvalue weighted by Gasteiger charge is -2.60. The maximum atomic E-state index is 11.6. The number of rotatable bonds is 4. The van der Waals surface area contributed by atoms with Crippen molar-refractivity contribution in [3.63, 3.8) is 0 Å². The van der Waals surface area contributed by atoms with Crippen molar-refractivity contribution in [2.75, 3.05) is 39.6 Å². The zero-order valence-electron chi connectivity index (χ0n) is 13.6. The fraction of sp³-hybridized carbons (Fsp3) is 0.412. The van der Waals surface area contributed by atoms with E-state index in [9.17, 15) is 4.79 Å². The number of allylic oxidation sites excluding steroid dienone is 1. The van der Waals surface area contributed by atoms with Crippen LogP contribution in [-0.2, 0) is 4.79 Å². The number of aldehydes is 1. The molecule has 0 amide bonds. The first-order valence-corrected chi connectivity index (χ1v) is 8.67. The smallest absolute Gasteiger partial charge is 0.232 e. The molecule has 0 spiro atoms. The molecule has 7 nitrogen and oxygen atoms in total. The van der Waals surface area contributed by atoms with E-state index in [4.69, 9.17) is 16.0 Å². The monoisotopic (exact) mass is 359 g/mol. The number of carbonyl (C=O) groups excluding carboxylic acids is 1. The minimum atomic E-state index is -0.0572. The second kappa shape index (κ2) is 5.54. The van der Waals surface area contributed by atoms with Gasteiger partial charge in [0.05, 0.1) is 31.1 Å². The van der Waals surface area contributed by atoms with Crippen LogP contribution in [0.25, 0.3) is 16.7 Å². The van der Waals surface area contributed by atoms with Gasteiger partial charge in [-0.15, -0.1) is 0 Å². The standard InChI is InChI=1S/C17H18ClN5O2/c18-13-1-2-15-14(3-13)20-16(25-15)12(5-24)4-19-17-6-21-9-22(7-17)11-23(8-17)10-21/h1-5,19H,6-11H2/b12-4-. The largest absolute Gasteiger partial charge is 0.436 e. The van der Waals surface area contributed by atoms with Crippen molar-refractivity contribution in [2.45, 2.75) is 5.54 Å². The highest BCUT2D eigenvalue weighted by Gasteiger charge is 2.48. The molecular weight excluding hydrogens is 342 g/mol. The van der Waals surface area contributed by atoms with Crippen LogP contribution in [0.15, 0.2) is 28.8 Å². The van der Waals surface area contributed by atoms with Gasteiger partial charge in [0, 0.05) is 30.9 Å². The highest BCUT2D eigenvalue weighted by molar-refractivity contribution is 6.31. The predicted octanol–water partition coefficient (Wildman–Crippen LogP) is 1.17. The Morgan fingerprint density at radius 3 is 2.52 bits per heavy atom. The summed E-state index contributed by atoms with van der Waals surface area (Å²) in [6, 6.07) is 5.23.